The van der Waals surface area contributed by atoms with Crippen LogP contribution in [0, 0.1) is 6.92 Å². The van der Waals surface area contributed by atoms with Crippen molar-refractivity contribution in [3.8, 4) is 11.1 Å². The maximum Gasteiger partial charge on any atom is 0.258 e. The summed E-state index contributed by atoms with van der Waals surface area (Å²) in [4.78, 5) is 31.0. The first-order chi connectivity index (χ1) is 18.5. The fourth-order valence-electron chi connectivity index (χ4n) is 5.57. The summed E-state index contributed by atoms with van der Waals surface area (Å²) in [5.74, 6) is -0.247. The number of carbonyl (C=O) groups excluding carboxylic acids is 2. The number of amides is 2. The zero-order valence-electron chi connectivity index (χ0n) is 21.3. The number of benzene rings is 4. The number of fused-ring (bicyclic) bond motifs is 3. The van der Waals surface area contributed by atoms with Gasteiger partial charge in [0.25, 0.3) is 11.8 Å². The van der Waals surface area contributed by atoms with Crippen LogP contribution in [-0.4, -0.2) is 37.0 Å². The van der Waals surface area contributed by atoms with Gasteiger partial charge in [0, 0.05) is 42.0 Å². The Balaban J connectivity index is 1.21. The minimum atomic E-state index is -0.192. The summed E-state index contributed by atoms with van der Waals surface area (Å²) in [6.45, 7) is 3.46. The first-order valence-corrected chi connectivity index (χ1v) is 13.0. The van der Waals surface area contributed by atoms with Gasteiger partial charge in [-0.15, -0.1) is 0 Å². The lowest BCUT2D eigenvalue weighted by Crippen LogP contribution is -2.48. The quantitative estimate of drug-likeness (QED) is 0.387. The molecule has 0 spiro atoms. The Labute approximate surface area is 222 Å². The topological polar surface area (TPSA) is 78.7 Å². The van der Waals surface area contributed by atoms with Crippen LogP contribution in [-0.2, 0) is 0 Å². The molecule has 2 heterocycles. The van der Waals surface area contributed by atoms with Gasteiger partial charge in [0.1, 0.15) is 0 Å². The van der Waals surface area contributed by atoms with E-state index in [-0.39, 0.29) is 23.9 Å². The second-order valence-corrected chi connectivity index (χ2v) is 10.1. The van der Waals surface area contributed by atoms with E-state index in [1.54, 1.807) is 24.3 Å². The highest BCUT2D eigenvalue weighted by Crippen LogP contribution is 2.39. The standard InChI is InChI=1S/C32H30N4O2/c1-21-10-12-22(13-11-21)27-6-2-3-7-28(27)31(37)34-25-16-14-23(15-17-25)32(38)36-20-26-18-24(33)19-35(26)29-8-4-5-9-30(29)36/h2-17,24,26H,18-20,33H2,1H3,(H,34,37)/t24-,26+/m0/s1. The van der Waals surface area contributed by atoms with Gasteiger partial charge in [-0.1, -0.05) is 60.2 Å². The molecule has 6 heteroatoms. The molecule has 0 bridgehead atoms. The smallest absolute Gasteiger partial charge is 0.258 e. The van der Waals surface area contributed by atoms with Crippen LogP contribution < -0.4 is 20.9 Å². The monoisotopic (exact) mass is 502 g/mol. The highest BCUT2D eigenvalue weighted by molar-refractivity contribution is 6.10. The minimum absolute atomic E-state index is 0.0554. The predicted molar refractivity (Wildman–Crippen MR) is 153 cm³/mol. The van der Waals surface area contributed by atoms with E-state index >= 15 is 0 Å². The molecule has 38 heavy (non-hydrogen) atoms. The zero-order valence-corrected chi connectivity index (χ0v) is 21.3. The summed E-state index contributed by atoms with van der Waals surface area (Å²) in [6.07, 6.45) is 0.868. The van der Waals surface area contributed by atoms with Crippen molar-refractivity contribution in [2.75, 3.05) is 28.2 Å². The van der Waals surface area contributed by atoms with Crippen molar-refractivity contribution in [3.05, 3.63) is 114 Å². The van der Waals surface area contributed by atoms with E-state index in [1.165, 1.54) is 5.56 Å². The second-order valence-electron chi connectivity index (χ2n) is 10.1. The molecule has 0 saturated carbocycles. The van der Waals surface area contributed by atoms with E-state index in [0.717, 1.165) is 35.5 Å². The third kappa shape index (κ3) is 4.44. The lowest BCUT2D eigenvalue weighted by atomic mass is 9.98. The minimum Gasteiger partial charge on any atom is -0.363 e. The van der Waals surface area contributed by atoms with Crippen molar-refractivity contribution in [1.29, 1.82) is 0 Å². The van der Waals surface area contributed by atoms with Gasteiger partial charge in [-0.2, -0.15) is 0 Å². The molecule has 0 aliphatic carbocycles. The maximum absolute atomic E-state index is 13.6. The van der Waals surface area contributed by atoms with Crippen LogP contribution in [0.25, 0.3) is 11.1 Å². The molecule has 6 rings (SSSR count). The fraction of sp³-hybridized carbons (Fsp3) is 0.188. The van der Waals surface area contributed by atoms with Crippen LogP contribution in [0.3, 0.4) is 0 Å². The number of carbonyl (C=O) groups is 2. The third-order valence-corrected chi connectivity index (χ3v) is 7.49. The normalized spacial score (nSPS) is 18.1. The Hall–Kier alpha value is -4.42. The highest BCUT2D eigenvalue weighted by atomic mass is 16.2. The molecular formula is C32H30N4O2. The van der Waals surface area contributed by atoms with Gasteiger partial charge in [0.15, 0.2) is 0 Å². The molecule has 2 aliphatic heterocycles. The van der Waals surface area contributed by atoms with Crippen molar-refractivity contribution >= 4 is 28.9 Å². The Kier molecular flexibility index (Phi) is 6.18. The summed E-state index contributed by atoms with van der Waals surface area (Å²) < 4.78 is 0. The van der Waals surface area contributed by atoms with E-state index in [0.29, 0.717) is 23.4 Å². The lowest BCUT2D eigenvalue weighted by molar-refractivity contribution is 0.0983. The summed E-state index contributed by atoms with van der Waals surface area (Å²) in [6, 6.07) is 31.2. The lowest BCUT2D eigenvalue weighted by Gasteiger charge is -2.40. The number of para-hydroxylation sites is 2. The highest BCUT2D eigenvalue weighted by Gasteiger charge is 2.39. The molecule has 1 saturated heterocycles. The molecule has 6 nitrogen and oxygen atoms in total. The van der Waals surface area contributed by atoms with Gasteiger partial charge in [-0.05, 0) is 66.9 Å². The van der Waals surface area contributed by atoms with Crippen molar-refractivity contribution in [3.63, 3.8) is 0 Å². The van der Waals surface area contributed by atoms with Crippen LogP contribution in [0.15, 0.2) is 97.1 Å². The van der Waals surface area contributed by atoms with Gasteiger partial charge in [0.2, 0.25) is 0 Å². The Morgan fingerprint density at radius 2 is 1.50 bits per heavy atom. The van der Waals surface area contributed by atoms with E-state index in [1.807, 2.05) is 78.6 Å². The largest absolute Gasteiger partial charge is 0.363 e. The van der Waals surface area contributed by atoms with Crippen LogP contribution in [0.1, 0.15) is 32.7 Å². The number of aryl methyl sites for hydroxylation is 1. The molecule has 1 fully saturated rings. The molecule has 0 unspecified atom stereocenters. The summed E-state index contributed by atoms with van der Waals surface area (Å²) in [7, 11) is 0. The van der Waals surface area contributed by atoms with Crippen LogP contribution >= 0.6 is 0 Å². The molecule has 4 aromatic carbocycles. The van der Waals surface area contributed by atoms with Gasteiger partial charge >= 0.3 is 0 Å². The molecule has 2 atom stereocenters. The molecule has 0 radical (unpaired) electrons. The first kappa shape index (κ1) is 23.9. The number of nitrogens with zero attached hydrogens (tertiary/aromatic N) is 2. The SMILES string of the molecule is Cc1ccc(-c2ccccc2C(=O)Nc2ccc(C(=O)N3C[C@H]4C[C@H](N)CN4c4ccccc43)cc2)cc1. The molecule has 190 valence electrons. The van der Waals surface area contributed by atoms with Crippen molar-refractivity contribution in [1.82, 2.24) is 0 Å². The third-order valence-electron chi connectivity index (χ3n) is 7.49. The maximum atomic E-state index is 13.6. The zero-order chi connectivity index (χ0) is 26.2. The molecule has 2 aliphatic rings. The van der Waals surface area contributed by atoms with Gasteiger partial charge in [-0.3, -0.25) is 9.59 Å². The summed E-state index contributed by atoms with van der Waals surface area (Å²) in [5.41, 5.74) is 13.1. The van der Waals surface area contributed by atoms with Crippen molar-refractivity contribution < 1.29 is 9.59 Å². The Morgan fingerprint density at radius 1 is 0.816 bits per heavy atom. The number of hydrogen-bond acceptors (Lipinski definition) is 4. The van der Waals surface area contributed by atoms with Crippen LogP contribution in [0.5, 0.6) is 0 Å². The first-order valence-electron chi connectivity index (χ1n) is 13.0. The number of nitrogens with one attached hydrogen (secondary N) is 1. The second kappa shape index (κ2) is 9.80. The molecule has 0 aromatic heterocycles. The average molecular weight is 503 g/mol. The van der Waals surface area contributed by atoms with E-state index in [2.05, 4.69) is 16.3 Å². The van der Waals surface area contributed by atoms with E-state index < -0.39 is 0 Å². The Morgan fingerprint density at radius 3 is 2.26 bits per heavy atom. The molecule has 3 N–H and O–H groups in total. The summed E-state index contributed by atoms with van der Waals surface area (Å²) >= 11 is 0. The molecule has 4 aromatic rings. The number of rotatable bonds is 4. The van der Waals surface area contributed by atoms with Gasteiger partial charge < -0.3 is 20.9 Å². The van der Waals surface area contributed by atoms with E-state index in [4.69, 9.17) is 5.73 Å². The molecular weight excluding hydrogens is 472 g/mol. The summed E-state index contributed by atoms with van der Waals surface area (Å²) in [5, 5.41) is 2.99. The average Bonchev–Trinajstić information content (AvgIpc) is 3.33. The van der Waals surface area contributed by atoms with Gasteiger partial charge in [0.05, 0.1) is 11.4 Å². The molecule has 2 amide bonds. The van der Waals surface area contributed by atoms with Crippen LogP contribution in [0.4, 0.5) is 17.1 Å². The predicted octanol–water partition coefficient (Wildman–Crippen LogP) is 5.48. The fourth-order valence-corrected chi connectivity index (χ4v) is 5.57. The number of hydrogen-bond donors (Lipinski definition) is 2. The number of nitrogens with two attached hydrogens (primary N) is 1. The van der Waals surface area contributed by atoms with E-state index in [9.17, 15) is 9.59 Å². The van der Waals surface area contributed by atoms with Crippen molar-refractivity contribution in [2.45, 2.75) is 25.4 Å². The number of anilines is 3. The van der Waals surface area contributed by atoms with Gasteiger partial charge in [-0.25, -0.2) is 0 Å². The van der Waals surface area contributed by atoms with Crippen LogP contribution in [0.2, 0.25) is 0 Å². The van der Waals surface area contributed by atoms with Crippen molar-refractivity contribution in [2.24, 2.45) is 5.73 Å². The Bertz CT molecular complexity index is 1500.